The molecule has 1 unspecified atom stereocenters. The van der Waals surface area contributed by atoms with Crippen LogP contribution in [-0.2, 0) is 4.74 Å². The van der Waals surface area contributed by atoms with Gasteiger partial charge in [-0.15, -0.1) is 0 Å². The maximum atomic E-state index is 6.18. The molecule has 1 aromatic rings. The maximum absolute atomic E-state index is 6.18. The fourth-order valence-electron chi connectivity index (χ4n) is 1.96. The Labute approximate surface area is 120 Å². The summed E-state index contributed by atoms with van der Waals surface area (Å²) in [5.74, 6) is 1.51. The summed E-state index contributed by atoms with van der Waals surface area (Å²) in [5.41, 5.74) is 1.05. The van der Waals surface area contributed by atoms with E-state index in [1.54, 1.807) is 0 Å². The van der Waals surface area contributed by atoms with E-state index in [0.717, 1.165) is 34.5 Å². The molecule has 0 saturated carbocycles. The van der Waals surface area contributed by atoms with Gasteiger partial charge in [-0.2, -0.15) is 0 Å². The Bertz CT molecular complexity index is 406. The third-order valence-corrected chi connectivity index (χ3v) is 4.58. The molecule has 1 aromatic heterocycles. The lowest BCUT2D eigenvalue weighted by atomic mass is 10.0. The average Bonchev–Trinajstić information content (AvgIpc) is 2.33. The van der Waals surface area contributed by atoms with Crippen molar-refractivity contribution < 1.29 is 4.74 Å². The molecule has 0 N–H and O–H groups in total. The molecule has 0 aromatic carbocycles. The van der Waals surface area contributed by atoms with Crippen molar-refractivity contribution in [2.24, 2.45) is 0 Å². The number of rotatable bonds is 2. The molecule has 5 heteroatoms. The van der Waals surface area contributed by atoms with Gasteiger partial charge in [-0.05, 0) is 41.4 Å². The number of ether oxygens (including phenoxy) is 1. The Hall–Kier alpha value is 0.0600. The Morgan fingerprint density at radius 1 is 1.41 bits per heavy atom. The summed E-state index contributed by atoms with van der Waals surface area (Å²) >= 11 is 8.40. The van der Waals surface area contributed by atoms with Crippen molar-refractivity contribution >= 4 is 34.2 Å². The Balaban J connectivity index is 2.34. The van der Waals surface area contributed by atoms with Crippen molar-refractivity contribution in [3.8, 4) is 0 Å². The zero-order chi connectivity index (χ0) is 12.4. The number of hydrogen-bond donors (Lipinski definition) is 0. The summed E-state index contributed by atoms with van der Waals surface area (Å²) in [6.07, 6.45) is 2.17. The molecule has 1 saturated heterocycles. The van der Waals surface area contributed by atoms with Gasteiger partial charge in [0.25, 0.3) is 0 Å². The van der Waals surface area contributed by atoms with Gasteiger partial charge in [0.1, 0.15) is 11.0 Å². The lowest BCUT2D eigenvalue weighted by Crippen LogP contribution is -2.19. The molecular formula is C12H16ClIN2O. The quantitative estimate of drug-likeness (QED) is 0.590. The van der Waals surface area contributed by atoms with E-state index in [1.807, 2.05) is 0 Å². The second-order valence-corrected chi connectivity index (χ2v) is 6.08. The molecule has 3 nitrogen and oxygen atoms in total. The van der Waals surface area contributed by atoms with Crippen LogP contribution in [0, 0.1) is 3.57 Å². The standard InChI is InChI=1S/C12H16ClIN2O/c1-7(2)10-9(14)11(13)16-12(15-10)8-4-3-5-17-6-8/h7-8H,3-6H2,1-2H3. The number of aromatic nitrogens is 2. The molecule has 1 aliphatic rings. The molecular weight excluding hydrogens is 351 g/mol. The summed E-state index contributed by atoms with van der Waals surface area (Å²) in [6.45, 7) is 5.82. The number of hydrogen-bond acceptors (Lipinski definition) is 3. The van der Waals surface area contributed by atoms with Gasteiger partial charge >= 0.3 is 0 Å². The van der Waals surface area contributed by atoms with Crippen LogP contribution in [0.2, 0.25) is 5.15 Å². The minimum atomic E-state index is 0.302. The van der Waals surface area contributed by atoms with Gasteiger partial charge in [0.05, 0.1) is 15.9 Å². The summed E-state index contributed by atoms with van der Waals surface area (Å²) in [5, 5.41) is 0.574. The van der Waals surface area contributed by atoms with Gasteiger partial charge in [0, 0.05) is 12.5 Å². The van der Waals surface area contributed by atoms with Crippen molar-refractivity contribution in [2.45, 2.75) is 38.5 Å². The Kier molecular flexibility index (Phi) is 4.60. The van der Waals surface area contributed by atoms with E-state index < -0.39 is 0 Å². The van der Waals surface area contributed by atoms with Crippen LogP contribution in [0.3, 0.4) is 0 Å². The predicted molar refractivity (Wildman–Crippen MR) is 76.6 cm³/mol. The summed E-state index contributed by atoms with van der Waals surface area (Å²) in [6, 6.07) is 0. The number of nitrogens with zero attached hydrogens (tertiary/aromatic N) is 2. The average molecular weight is 367 g/mol. The molecule has 0 radical (unpaired) electrons. The van der Waals surface area contributed by atoms with Crippen molar-refractivity contribution in [3.63, 3.8) is 0 Å². The lowest BCUT2D eigenvalue weighted by Gasteiger charge is -2.22. The first kappa shape index (κ1) is 13.5. The molecule has 0 spiro atoms. The van der Waals surface area contributed by atoms with E-state index >= 15 is 0 Å². The van der Waals surface area contributed by atoms with E-state index in [1.165, 1.54) is 0 Å². The van der Waals surface area contributed by atoms with Crippen LogP contribution < -0.4 is 0 Å². The van der Waals surface area contributed by atoms with Gasteiger partial charge in [0.15, 0.2) is 0 Å². The van der Waals surface area contributed by atoms with Gasteiger partial charge in [-0.1, -0.05) is 25.4 Å². The van der Waals surface area contributed by atoms with Crippen molar-refractivity contribution in [1.29, 1.82) is 0 Å². The highest BCUT2D eigenvalue weighted by Crippen LogP contribution is 2.29. The zero-order valence-corrected chi connectivity index (χ0v) is 13.0. The second-order valence-electron chi connectivity index (χ2n) is 4.64. The molecule has 1 fully saturated rings. The first-order valence-electron chi connectivity index (χ1n) is 5.90. The minimum Gasteiger partial charge on any atom is -0.381 e. The molecule has 2 rings (SSSR count). The highest BCUT2D eigenvalue weighted by Gasteiger charge is 2.22. The first-order valence-corrected chi connectivity index (χ1v) is 7.36. The summed E-state index contributed by atoms with van der Waals surface area (Å²) in [4.78, 5) is 9.08. The molecule has 1 atom stereocenters. The van der Waals surface area contributed by atoms with E-state index in [-0.39, 0.29) is 0 Å². The number of halogens is 2. The fourth-order valence-corrected chi connectivity index (χ4v) is 3.01. The summed E-state index contributed by atoms with van der Waals surface area (Å²) < 4.78 is 6.45. The normalized spacial score (nSPS) is 20.9. The van der Waals surface area contributed by atoms with Crippen LogP contribution in [0.1, 0.15) is 50.0 Å². The maximum Gasteiger partial charge on any atom is 0.146 e. The van der Waals surface area contributed by atoms with E-state index in [9.17, 15) is 0 Å². The molecule has 0 amide bonds. The van der Waals surface area contributed by atoms with Crippen molar-refractivity contribution in [2.75, 3.05) is 13.2 Å². The van der Waals surface area contributed by atoms with Crippen LogP contribution in [0.25, 0.3) is 0 Å². The Morgan fingerprint density at radius 3 is 2.76 bits per heavy atom. The van der Waals surface area contributed by atoms with Gasteiger partial charge in [-0.25, -0.2) is 9.97 Å². The van der Waals surface area contributed by atoms with Gasteiger partial charge in [-0.3, -0.25) is 0 Å². The van der Waals surface area contributed by atoms with Crippen LogP contribution in [-0.4, -0.2) is 23.2 Å². The zero-order valence-electron chi connectivity index (χ0n) is 10.0. The first-order chi connectivity index (χ1) is 8.09. The van der Waals surface area contributed by atoms with Crippen molar-refractivity contribution in [3.05, 3.63) is 20.2 Å². The van der Waals surface area contributed by atoms with Crippen molar-refractivity contribution in [1.82, 2.24) is 9.97 Å². The summed E-state index contributed by atoms with van der Waals surface area (Å²) in [7, 11) is 0. The lowest BCUT2D eigenvalue weighted by molar-refractivity contribution is 0.0779. The highest BCUT2D eigenvalue weighted by molar-refractivity contribution is 14.1. The van der Waals surface area contributed by atoms with Gasteiger partial charge in [0.2, 0.25) is 0 Å². The van der Waals surface area contributed by atoms with E-state index in [0.29, 0.717) is 23.6 Å². The topological polar surface area (TPSA) is 35.0 Å². The molecule has 1 aliphatic heterocycles. The van der Waals surface area contributed by atoms with E-state index in [4.69, 9.17) is 16.3 Å². The highest BCUT2D eigenvalue weighted by atomic mass is 127. The third-order valence-electron chi connectivity index (χ3n) is 2.93. The molecule has 2 heterocycles. The van der Waals surface area contributed by atoms with Crippen LogP contribution >= 0.6 is 34.2 Å². The monoisotopic (exact) mass is 366 g/mol. The molecule has 17 heavy (non-hydrogen) atoms. The molecule has 0 bridgehead atoms. The van der Waals surface area contributed by atoms with Crippen LogP contribution in [0.5, 0.6) is 0 Å². The molecule has 0 aliphatic carbocycles. The Morgan fingerprint density at radius 2 is 2.18 bits per heavy atom. The largest absolute Gasteiger partial charge is 0.381 e. The van der Waals surface area contributed by atoms with E-state index in [2.05, 4.69) is 46.4 Å². The second kappa shape index (κ2) is 5.80. The van der Waals surface area contributed by atoms with Gasteiger partial charge < -0.3 is 4.74 Å². The fraction of sp³-hybridized carbons (Fsp3) is 0.667. The van der Waals surface area contributed by atoms with Crippen LogP contribution in [0.15, 0.2) is 0 Å². The predicted octanol–water partition coefficient (Wildman–Crippen LogP) is 3.75. The smallest absolute Gasteiger partial charge is 0.146 e. The molecule has 94 valence electrons. The van der Waals surface area contributed by atoms with Crippen LogP contribution in [0.4, 0.5) is 0 Å². The minimum absolute atomic E-state index is 0.302. The third kappa shape index (κ3) is 3.09. The SMILES string of the molecule is CC(C)c1nc(C2CCCOC2)nc(Cl)c1I.